The monoisotopic (exact) mass is 515 g/mol. The Morgan fingerprint density at radius 3 is 2.38 bits per heavy atom. The molecule has 2 saturated heterocycles. The Balaban J connectivity index is 1.39. The van der Waals surface area contributed by atoms with E-state index in [1.807, 2.05) is 66.7 Å². The number of carbonyl (C=O) groups is 3. The summed E-state index contributed by atoms with van der Waals surface area (Å²) in [6.45, 7) is 0. The predicted molar refractivity (Wildman–Crippen MR) is 145 cm³/mol. The van der Waals surface area contributed by atoms with Gasteiger partial charge in [-0.2, -0.15) is 0 Å². The first kappa shape index (κ1) is 23.0. The molecule has 190 valence electrons. The molecule has 39 heavy (non-hydrogen) atoms. The molecule has 2 fully saturated rings. The Hall–Kier alpha value is -5.11. The highest BCUT2D eigenvalue weighted by atomic mass is 16.6. The molecule has 8 heteroatoms. The van der Waals surface area contributed by atoms with Crippen LogP contribution in [0.15, 0.2) is 97.2 Å². The van der Waals surface area contributed by atoms with Crippen molar-refractivity contribution in [2.75, 3.05) is 4.90 Å². The molecule has 0 spiro atoms. The highest BCUT2D eigenvalue weighted by Gasteiger charge is 2.64. The number of anilines is 1. The third-order valence-electron chi connectivity index (χ3n) is 8.08. The predicted octanol–water partition coefficient (Wildman–Crippen LogP) is 5.15. The van der Waals surface area contributed by atoms with Crippen molar-refractivity contribution in [2.45, 2.75) is 12.1 Å². The zero-order valence-electron chi connectivity index (χ0n) is 20.5. The molecule has 0 aromatic heterocycles. The lowest BCUT2D eigenvalue weighted by molar-refractivity contribution is -0.384. The number of benzene rings is 4. The van der Waals surface area contributed by atoms with Crippen LogP contribution in [0, 0.1) is 22.0 Å². The van der Waals surface area contributed by atoms with Crippen molar-refractivity contribution in [1.29, 1.82) is 0 Å². The zero-order valence-corrected chi connectivity index (χ0v) is 20.5. The van der Waals surface area contributed by atoms with Crippen LogP contribution in [0.4, 0.5) is 11.4 Å². The lowest BCUT2D eigenvalue weighted by Crippen LogP contribution is -2.44. The van der Waals surface area contributed by atoms with Gasteiger partial charge in [0.1, 0.15) is 6.04 Å². The van der Waals surface area contributed by atoms with E-state index in [0.717, 1.165) is 21.9 Å². The Morgan fingerprint density at radius 1 is 0.821 bits per heavy atom. The Kier molecular flexibility index (Phi) is 5.00. The number of nitrogens with zero attached hydrogens (tertiary/aromatic N) is 3. The van der Waals surface area contributed by atoms with Crippen LogP contribution in [0.5, 0.6) is 0 Å². The topological polar surface area (TPSA) is 101 Å². The van der Waals surface area contributed by atoms with Crippen molar-refractivity contribution in [3.05, 3.63) is 124 Å². The number of carbonyl (C=O) groups excluding carboxylic acids is 3. The van der Waals surface area contributed by atoms with E-state index in [2.05, 4.69) is 0 Å². The molecule has 0 saturated carbocycles. The second kappa shape index (κ2) is 8.46. The number of nitro groups is 1. The summed E-state index contributed by atoms with van der Waals surface area (Å²) >= 11 is 0. The third kappa shape index (κ3) is 3.28. The van der Waals surface area contributed by atoms with Gasteiger partial charge in [0.2, 0.25) is 11.8 Å². The molecule has 4 atom stereocenters. The molecule has 2 amide bonds. The maximum Gasteiger partial charge on any atom is 0.270 e. The molecule has 1 unspecified atom stereocenters. The second-order valence-electron chi connectivity index (χ2n) is 10.0. The van der Waals surface area contributed by atoms with Crippen LogP contribution in [-0.2, 0) is 9.59 Å². The zero-order chi connectivity index (χ0) is 26.8. The van der Waals surface area contributed by atoms with Gasteiger partial charge in [0.25, 0.3) is 5.69 Å². The van der Waals surface area contributed by atoms with Gasteiger partial charge in [-0.25, -0.2) is 4.90 Å². The minimum absolute atomic E-state index is 0.129. The first-order valence-electron chi connectivity index (χ1n) is 12.6. The number of imide groups is 1. The fraction of sp³-hybridized carbons (Fsp3) is 0.129. The quantitative estimate of drug-likeness (QED) is 0.161. The van der Waals surface area contributed by atoms with Crippen molar-refractivity contribution in [1.82, 2.24) is 4.90 Å². The Bertz CT molecular complexity index is 1760. The summed E-state index contributed by atoms with van der Waals surface area (Å²) in [6.07, 6.45) is 3.64. The van der Waals surface area contributed by atoms with Gasteiger partial charge in [-0.3, -0.25) is 24.5 Å². The molecule has 0 N–H and O–H groups in total. The number of fused-ring (bicyclic) bond motifs is 6. The van der Waals surface area contributed by atoms with Crippen molar-refractivity contribution >= 4 is 45.8 Å². The molecule has 0 bridgehead atoms. The third-order valence-corrected chi connectivity index (χ3v) is 8.08. The van der Waals surface area contributed by atoms with Gasteiger partial charge in [0.15, 0.2) is 5.78 Å². The van der Waals surface area contributed by atoms with Crippen molar-refractivity contribution in [3.63, 3.8) is 0 Å². The number of non-ortho nitro benzene ring substituents is 1. The van der Waals surface area contributed by atoms with Crippen LogP contribution in [0.1, 0.15) is 27.5 Å². The number of amides is 2. The fourth-order valence-electron chi connectivity index (χ4n) is 6.44. The summed E-state index contributed by atoms with van der Waals surface area (Å²) in [6, 6.07) is 24.7. The number of hydrogen-bond acceptors (Lipinski definition) is 6. The van der Waals surface area contributed by atoms with E-state index in [0.29, 0.717) is 5.69 Å². The number of Topliss-reactive ketones (excluding diaryl/α,β-unsaturated/α-hetero) is 1. The van der Waals surface area contributed by atoms with E-state index in [-0.39, 0.29) is 17.2 Å². The van der Waals surface area contributed by atoms with E-state index < -0.39 is 40.5 Å². The lowest BCUT2D eigenvalue weighted by atomic mass is 9.83. The molecule has 8 nitrogen and oxygen atoms in total. The van der Waals surface area contributed by atoms with E-state index >= 15 is 0 Å². The molecule has 3 aliphatic heterocycles. The van der Waals surface area contributed by atoms with Gasteiger partial charge < -0.3 is 4.90 Å². The summed E-state index contributed by atoms with van der Waals surface area (Å²) in [5, 5.41) is 13.1. The summed E-state index contributed by atoms with van der Waals surface area (Å²) < 4.78 is 0. The van der Waals surface area contributed by atoms with Crippen LogP contribution in [0.25, 0.3) is 16.8 Å². The van der Waals surface area contributed by atoms with Crippen LogP contribution >= 0.6 is 0 Å². The maximum absolute atomic E-state index is 14.2. The molecular weight excluding hydrogens is 494 g/mol. The van der Waals surface area contributed by atoms with Gasteiger partial charge in [-0.05, 0) is 28.7 Å². The van der Waals surface area contributed by atoms with Crippen LogP contribution < -0.4 is 4.90 Å². The normalized spacial score (nSPS) is 23.1. The van der Waals surface area contributed by atoms with Crippen molar-refractivity contribution in [2.24, 2.45) is 11.8 Å². The highest BCUT2D eigenvalue weighted by molar-refractivity contribution is 6.27. The summed E-state index contributed by atoms with van der Waals surface area (Å²) in [4.78, 5) is 56.4. The summed E-state index contributed by atoms with van der Waals surface area (Å²) in [5.74, 6) is -2.97. The first-order valence-corrected chi connectivity index (χ1v) is 12.6. The Morgan fingerprint density at radius 2 is 1.54 bits per heavy atom. The van der Waals surface area contributed by atoms with E-state index in [1.165, 1.54) is 29.2 Å². The first-order chi connectivity index (χ1) is 19.0. The van der Waals surface area contributed by atoms with Crippen molar-refractivity contribution < 1.29 is 19.3 Å². The van der Waals surface area contributed by atoms with Crippen LogP contribution in [-0.4, -0.2) is 33.5 Å². The smallest absolute Gasteiger partial charge is 0.270 e. The minimum Gasteiger partial charge on any atom is -0.358 e. The SMILES string of the molecule is O=C(c1cccc([N+](=O)[O-])c1)[C@@H]1[C@@H]2C(=O)N(c3cccc4ccccc34)C(=O)[C@@H]2C2c3ccccc3C=CN21. The highest BCUT2D eigenvalue weighted by Crippen LogP contribution is 2.54. The molecule has 7 rings (SSSR count). The maximum atomic E-state index is 14.2. The second-order valence-corrected chi connectivity index (χ2v) is 10.0. The van der Waals surface area contributed by atoms with Gasteiger partial charge in [-0.15, -0.1) is 0 Å². The van der Waals surface area contributed by atoms with Crippen LogP contribution in [0.3, 0.4) is 0 Å². The number of ketones is 1. The van der Waals surface area contributed by atoms with E-state index in [9.17, 15) is 24.5 Å². The van der Waals surface area contributed by atoms with Crippen molar-refractivity contribution in [3.8, 4) is 0 Å². The average Bonchev–Trinajstić information content (AvgIpc) is 3.44. The lowest BCUT2D eigenvalue weighted by Gasteiger charge is -2.35. The minimum atomic E-state index is -0.997. The largest absolute Gasteiger partial charge is 0.358 e. The molecule has 0 radical (unpaired) electrons. The number of nitro benzene ring substituents is 1. The molecule has 3 heterocycles. The Labute approximate surface area is 222 Å². The fourth-order valence-corrected chi connectivity index (χ4v) is 6.44. The van der Waals surface area contributed by atoms with Gasteiger partial charge in [0, 0.05) is 29.3 Å². The van der Waals surface area contributed by atoms with Gasteiger partial charge >= 0.3 is 0 Å². The van der Waals surface area contributed by atoms with E-state index in [1.54, 1.807) is 17.2 Å². The molecule has 0 aliphatic carbocycles. The summed E-state index contributed by atoms with van der Waals surface area (Å²) in [5.41, 5.74) is 2.20. The molecular formula is C31H21N3O5. The average molecular weight is 516 g/mol. The van der Waals surface area contributed by atoms with E-state index in [4.69, 9.17) is 0 Å². The standard InChI is InChI=1S/C31H21N3O5/c35-29(20-10-5-11-21(17-20)34(38)39)28-26-25(27-23-13-4-2-8-19(23)15-16-32(27)28)30(36)33(31(26)37)24-14-6-9-18-7-1-3-12-22(18)24/h1-17,25-28H/t25-,26+,27?,28-/m0/s1. The summed E-state index contributed by atoms with van der Waals surface area (Å²) in [7, 11) is 0. The number of hydrogen-bond donors (Lipinski definition) is 0. The molecule has 4 aromatic carbocycles. The van der Waals surface area contributed by atoms with Gasteiger partial charge in [0.05, 0.1) is 28.5 Å². The number of rotatable bonds is 4. The molecule has 4 aromatic rings. The molecule has 3 aliphatic rings. The van der Waals surface area contributed by atoms with Gasteiger partial charge in [-0.1, -0.05) is 72.8 Å². The van der Waals surface area contributed by atoms with Crippen LogP contribution in [0.2, 0.25) is 0 Å².